The van der Waals surface area contributed by atoms with Gasteiger partial charge in [0.05, 0.1) is 68.5 Å². The standard InChI is InChI=1S/C21H20FN5O.C20H18FN5O.C12H8ClFN4.C9H13NO.CH4/c1-14-11-25-27-20(24-7-6-15-4-3-5-18(8-15)28-2)10-19(26-21(14)27)16-9-17(22)13-23-12-16;1-13-10-24-26-19(23-6-5-14-3-2-4-17(27)7-14)9-18(25-20(13)26)15-8-16(21)12-22-11-15;1-7-4-16-18-11(13)3-10(17-12(7)18)8-2-9(14)6-15-5-8;1-11-9-4-2-3-8(7-9)5-6-10;/h3-5,8-13,24H,6-7H2,1-2H3;2-4,7-12,23,27H,5-6H2,1H3;2-6H,1H3;2-4,7H,5-6,10H2,1H3;1H4. The predicted octanol–water partition coefficient (Wildman–Crippen LogP) is 12.2. The third-order valence-electron chi connectivity index (χ3n) is 13.0. The van der Waals surface area contributed by atoms with Crippen LogP contribution in [0.5, 0.6) is 17.2 Å². The summed E-state index contributed by atoms with van der Waals surface area (Å²) in [4.78, 5) is 25.3. The fourth-order valence-corrected chi connectivity index (χ4v) is 8.96. The topological polar surface area (TPSA) is 218 Å². The van der Waals surface area contributed by atoms with Gasteiger partial charge < -0.3 is 30.9 Å². The molecule has 0 bridgehead atoms. The summed E-state index contributed by atoms with van der Waals surface area (Å²) in [6.45, 7) is 7.79. The van der Waals surface area contributed by atoms with Crippen LogP contribution in [0.25, 0.3) is 50.7 Å². The van der Waals surface area contributed by atoms with Crippen LogP contribution < -0.4 is 25.8 Å². The van der Waals surface area contributed by atoms with Crippen molar-refractivity contribution >= 4 is 40.2 Å². The number of hydrogen-bond donors (Lipinski definition) is 4. The molecule has 436 valence electrons. The molecule has 9 aromatic heterocycles. The molecule has 12 rings (SSSR count). The highest BCUT2D eigenvalue weighted by Crippen LogP contribution is 2.27. The van der Waals surface area contributed by atoms with Gasteiger partial charge in [-0.3, -0.25) is 15.0 Å². The number of nitrogens with two attached hydrogens (primary N) is 1. The molecule has 0 spiro atoms. The zero-order valence-corrected chi connectivity index (χ0v) is 47.3. The molecular weight excluding hydrogens is 1110 g/mol. The van der Waals surface area contributed by atoms with E-state index in [4.69, 9.17) is 26.8 Å². The molecule has 0 aliphatic heterocycles. The molecule has 22 heteroatoms. The molecule has 9 heterocycles. The van der Waals surface area contributed by atoms with Crippen molar-refractivity contribution in [3.8, 4) is 51.0 Å². The molecule has 85 heavy (non-hydrogen) atoms. The van der Waals surface area contributed by atoms with Gasteiger partial charge >= 0.3 is 0 Å². The summed E-state index contributed by atoms with van der Waals surface area (Å²) >= 11 is 6.11. The Balaban J connectivity index is 0.000000154. The molecule has 12 aromatic rings. The number of rotatable bonds is 15. The third-order valence-corrected chi connectivity index (χ3v) is 13.2. The van der Waals surface area contributed by atoms with E-state index >= 15 is 0 Å². The number of pyridine rings is 3. The van der Waals surface area contributed by atoms with E-state index < -0.39 is 17.5 Å². The van der Waals surface area contributed by atoms with E-state index in [9.17, 15) is 18.3 Å². The van der Waals surface area contributed by atoms with Crippen LogP contribution in [0.15, 0.2) is 165 Å². The Bertz CT molecular complexity index is 4200. The summed E-state index contributed by atoms with van der Waals surface area (Å²) in [5.74, 6) is 2.34. The average Bonchev–Trinajstić information content (AvgIpc) is 3.31. The summed E-state index contributed by atoms with van der Waals surface area (Å²) in [6.07, 6.45) is 15.9. The van der Waals surface area contributed by atoms with Gasteiger partial charge in [-0.05, 0) is 118 Å². The van der Waals surface area contributed by atoms with Gasteiger partial charge in [0.2, 0.25) is 0 Å². The van der Waals surface area contributed by atoms with Gasteiger partial charge in [0.25, 0.3) is 0 Å². The lowest BCUT2D eigenvalue weighted by molar-refractivity contribution is 0.414. The Kier molecular flexibility index (Phi) is 20.7. The molecular formula is C63H63ClF3N15O3. The van der Waals surface area contributed by atoms with E-state index in [1.807, 2.05) is 81.4 Å². The van der Waals surface area contributed by atoms with Crippen molar-refractivity contribution in [2.45, 2.75) is 47.5 Å². The highest BCUT2D eigenvalue weighted by atomic mass is 35.5. The minimum Gasteiger partial charge on any atom is -0.508 e. The van der Waals surface area contributed by atoms with Crippen LogP contribution in [0.2, 0.25) is 5.15 Å². The number of benzene rings is 3. The first-order chi connectivity index (χ1) is 40.7. The van der Waals surface area contributed by atoms with Gasteiger partial charge in [-0.15, -0.1) is 0 Å². The number of fused-ring (bicyclic) bond motifs is 3. The number of nitrogens with one attached hydrogen (secondary N) is 2. The van der Waals surface area contributed by atoms with Crippen LogP contribution in [0.3, 0.4) is 0 Å². The lowest BCUT2D eigenvalue weighted by atomic mass is 10.1. The van der Waals surface area contributed by atoms with Crippen LogP contribution in [0.1, 0.15) is 40.8 Å². The van der Waals surface area contributed by atoms with Crippen LogP contribution in [-0.2, 0) is 19.3 Å². The van der Waals surface area contributed by atoms with Crippen molar-refractivity contribution in [1.82, 2.24) is 58.7 Å². The van der Waals surface area contributed by atoms with Gasteiger partial charge in [-0.2, -0.15) is 24.3 Å². The van der Waals surface area contributed by atoms with Crippen molar-refractivity contribution in [1.29, 1.82) is 0 Å². The molecule has 0 aliphatic carbocycles. The molecule has 3 aromatic carbocycles. The van der Waals surface area contributed by atoms with Gasteiger partial charge in [0, 0.05) is 83.3 Å². The molecule has 0 saturated heterocycles. The first-order valence-corrected chi connectivity index (χ1v) is 26.9. The minimum atomic E-state index is -0.407. The normalized spacial score (nSPS) is 10.7. The minimum absolute atomic E-state index is 0. The predicted molar refractivity (Wildman–Crippen MR) is 326 cm³/mol. The molecule has 0 atom stereocenters. The zero-order chi connectivity index (χ0) is 59.1. The summed E-state index contributed by atoms with van der Waals surface area (Å²) in [5.41, 5.74) is 17.4. The van der Waals surface area contributed by atoms with Crippen molar-refractivity contribution in [2.75, 3.05) is 44.5 Å². The number of aromatic nitrogens is 12. The fourth-order valence-electron chi connectivity index (χ4n) is 8.74. The lowest BCUT2D eigenvalue weighted by Crippen LogP contribution is -2.10. The Morgan fingerprint density at radius 1 is 0.494 bits per heavy atom. The fraction of sp³-hybridized carbons (Fsp3) is 0.190. The number of aromatic hydroxyl groups is 1. The number of anilines is 2. The molecule has 0 amide bonds. The number of nitrogens with zero attached hydrogens (tertiary/aromatic N) is 12. The number of methoxy groups -OCH3 is 2. The van der Waals surface area contributed by atoms with Crippen LogP contribution in [0.4, 0.5) is 24.8 Å². The second-order valence-electron chi connectivity index (χ2n) is 19.1. The summed E-state index contributed by atoms with van der Waals surface area (Å²) < 4.78 is 55.7. The molecule has 5 N–H and O–H groups in total. The van der Waals surface area contributed by atoms with Gasteiger partial charge in [0.1, 0.15) is 51.5 Å². The maximum atomic E-state index is 13.6. The maximum Gasteiger partial charge on any atom is 0.160 e. The number of ether oxygens (including phenoxy) is 2. The summed E-state index contributed by atoms with van der Waals surface area (Å²) in [6, 6.07) is 32.7. The molecule has 0 radical (unpaired) electrons. The number of aryl methyl sites for hydroxylation is 3. The van der Waals surface area contributed by atoms with E-state index in [0.29, 0.717) is 69.9 Å². The Morgan fingerprint density at radius 3 is 1.29 bits per heavy atom. The van der Waals surface area contributed by atoms with E-state index in [1.54, 1.807) is 78.6 Å². The van der Waals surface area contributed by atoms with Crippen molar-refractivity contribution < 1.29 is 27.8 Å². The van der Waals surface area contributed by atoms with Crippen LogP contribution in [-0.4, -0.2) is 97.7 Å². The van der Waals surface area contributed by atoms with E-state index in [1.165, 1.54) is 46.2 Å². The first kappa shape index (κ1) is 61.1. The Morgan fingerprint density at radius 2 is 0.882 bits per heavy atom. The quantitative estimate of drug-likeness (QED) is 0.0702. The van der Waals surface area contributed by atoms with Gasteiger partial charge in [0.15, 0.2) is 16.9 Å². The Labute approximate surface area is 494 Å². The second kappa shape index (κ2) is 28.8. The van der Waals surface area contributed by atoms with E-state index in [2.05, 4.69) is 68.0 Å². The van der Waals surface area contributed by atoms with Gasteiger partial charge in [-0.25, -0.2) is 32.6 Å². The third kappa shape index (κ3) is 15.8. The van der Waals surface area contributed by atoms with E-state index in [0.717, 1.165) is 76.5 Å². The lowest BCUT2D eigenvalue weighted by Gasteiger charge is -2.11. The molecule has 0 unspecified atom stereocenters. The summed E-state index contributed by atoms with van der Waals surface area (Å²) in [7, 11) is 3.33. The largest absolute Gasteiger partial charge is 0.508 e. The zero-order valence-electron chi connectivity index (χ0n) is 46.6. The SMILES string of the molecule is C.COc1cccc(CCN)c1.COc1cccc(CCNc2cc(-c3cncc(F)c3)nc3c(C)cnn23)c1.Cc1cnn2c(Cl)cc(-c3cncc(F)c3)nc12.Cc1cnn2c(NCCc3cccc(O)c3)cc(-c3cncc(F)c3)nc12. The van der Waals surface area contributed by atoms with Crippen LogP contribution in [0, 0.1) is 38.2 Å². The average molecular weight is 1170 g/mol. The summed E-state index contributed by atoms with van der Waals surface area (Å²) in [5, 5.41) is 29.7. The monoisotopic (exact) mass is 1170 g/mol. The smallest absolute Gasteiger partial charge is 0.160 e. The van der Waals surface area contributed by atoms with E-state index in [-0.39, 0.29) is 13.2 Å². The Hall–Kier alpha value is -9.99. The number of phenols is 1. The maximum absolute atomic E-state index is 13.6. The molecule has 0 fully saturated rings. The van der Waals surface area contributed by atoms with Gasteiger partial charge in [-0.1, -0.05) is 55.4 Å². The van der Waals surface area contributed by atoms with Crippen molar-refractivity contribution in [3.05, 3.63) is 221 Å². The number of phenolic OH excluding ortho intramolecular Hbond substituents is 1. The molecule has 0 saturated carbocycles. The van der Waals surface area contributed by atoms with Crippen molar-refractivity contribution in [3.63, 3.8) is 0 Å². The molecule has 0 aliphatic rings. The first-order valence-electron chi connectivity index (χ1n) is 26.5. The second-order valence-corrected chi connectivity index (χ2v) is 19.5. The number of halogens is 4. The van der Waals surface area contributed by atoms with Crippen molar-refractivity contribution in [2.24, 2.45) is 5.73 Å². The van der Waals surface area contributed by atoms with Crippen LogP contribution >= 0.6 is 11.6 Å². The number of hydrogen-bond acceptors (Lipinski definition) is 15. The highest BCUT2D eigenvalue weighted by Gasteiger charge is 2.15. The molecule has 18 nitrogen and oxygen atoms in total. The highest BCUT2D eigenvalue weighted by molar-refractivity contribution is 6.30.